The number of hydrogen-bond donors (Lipinski definition) is 2. The summed E-state index contributed by atoms with van der Waals surface area (Å²) in [5, 5.41) is 10.4. The molecule has 1 saturated carbocycles. The van der Waals surface area contributed by atoms with E-state index in [1.807, 2.05) is 0 Å². The Morgan fingerprint density at radius 2 is 2.05 bits per heavy atom. The summed E-state index contributed by atoms with van der Waals surface area (Å²) in [7, 11) is -3.60. The summed E-state index contributed by atoms with van der Waals surface area (Å²) in [6, 6.07) is 6.80. The highest BCUT2D eigenvalue weighted by Gasteiger charge is 2.38. The van der Waals surface area contributed by atoms with Crippen LogP contribution in [0.1, 0.15) is 38.2 Å². The molecule has 1 aromatic rings. The number of sulfonamides is 1. The van der Waals surface area contributed by atoms with Crippen molar-refractivity contribution in [3.05, 3.63) is 29.8 Å². The highest BCUT2D eigenvalue weighted by atomic mass is 79.9. The first-order valence-electron chi connectivity index (χ1n) is 7.20. The van der Waals surface area contributed by atoms with Crippen LogP contribution >= 0.6 is 15.9 Å². The Morgan fingerprint density at radius 3 is 2.57 bits per heavy atom. The van der Waals surface area contributed by atoms with Crippen LogP contribution in [0.25, 0.3) is 0 Å². The summed E-state index contributed by atoms with van der Waals surface area (Å²) >= 11 is 3.34. The number of alkyl halides is 1. The number of aliphatic hydroxyl groups excluding tert-OH is 1. The molecule has 4 nitrogen and oxygen atoms in total. The Balaban J connectivity index is 2.22. The average molecular weight is 376 g/mol. The molecule has 2 N–H and O–H groups in total. The molecule has 1 aromatic carbocycles. The average Bonchev–Trinajstić information content (AvgIpc) is 2.47. The quantitative estimate of drug-likeness (QED) is 0.777. The van der Waals surface area contributed by atoms with E-state index in [4.69, 9.17) is 0 Å². The largest absolute Gasteiger partial charge is 0.394 e. The number of aliphatic hydroxyl groups is 1. The van der Waals surface area contributed by atoms with E-state index in [0.29, 0.717) is 24.1 Å². The second-order valence-electron chi connectivity index (χ2n) is 6.02. The van der Waals surface area contributed by atoms with Gasteiger partial charge in [0.2, 0.25) is 10.0 Å². The molecule has 0 aromatic heterocycles. The summed E-state index contributed by atoms with van der Waals surface area (Å²) in [5.74, 6) is 0.421. The van der Waals surface area contributed by atoms with E-state index >= 15 is 0 Å². The van der Waals surface area contributed by atoms with Crippen molar-refractivity contribution in [2.24, 2.45) is 5.92 Å². The van der Waals surface area contributed by atoms with E-state index in [9.17, 15) is 13.5 Å². The molecule has 21 heavy (non-hydrogen) atoms. The van der Waals surface area contributed by atoms with Crippen molar-refractivity contribution in [3.63, 3.8) is 0 Å². The molecule has 2 atom stereocenters. The minimum Gasteiger partial charge on any atom is -0.394 e. The van der Waals surface area contributed by atoms with E-state index in [0.717, 1.165) is 18.4 Å². The van der Waals surface area contributed by atoms with Gasteiger partial charge in [-0.3, -0.25) is 0 Å². The van der Waals surface area contributed by atoms with Gasteiger partial charge in [0, 0.05) is 5.33 Å². The predicted octanol–water partition coefficient (Wildman–Crippen LogP) is 2.80. The van der Waals surface area contributed by atoms with Gasteiger partial charge in [-0.05, 0) is 36.5 Å². The molecule has 0 bridgehead atoms. The fraction of sp³-hybridized carbons (Fsp3) is 0.600. The van der Waals surface area contributed by atoms with Gasteiger partial charge < -0.3 is 5.11 Å². The molecular formula is C15H22BrNO3S. The molecule has 0 radical (unpaired) electrons. The van der Waals surface area contributed by atoms with Crippen molar-refractivity contribution in [1.82, 2.24) is 4.72 Å². The van der Waals surface area contributed by atoms with E-state index in [1.54, 1.807) is 24.3 Å². The van der Waals surface area contributed by atoms with Gasteiger partial charge in [-0.15, -0.1) is 0 Å². The number of halogens is 1. The highest BCUT2D eigenvalue weighted by Crippen LogP contribution is 2.33. The molecule has 0 saturated heterocycles. The molecule has 1 aliphatic carbocycles. The molecule has 0 amide bonds. The van der Waals surface area contributed by atoms with Crippen molar-refractivity contribution in [2.75, 3.05) is 6.61 Å². The number of hydrogen-bond acceptors (Lipinski definition) is 3. The molecular weight excluding hydrogens is 354 g/mol. The van der Waals surface area contributed by atoms with Crippen LogP contribution in [0.2, 0.25) is 0 Å². The third kappa shape index (κ3) is 4.06. The van der Waals surface area contributed by atoms with E-state index in [1.165, 1.54) is 0 Å². The molecule has 2 unspecified atom stereocenters. The van der Waals surface area contributed by atoms with Crippen LogP contribution in [0.4, 0.5) is 0 Å². The lowest BCUT2D eigenvalue weighted by atomic mass is 9.78. The Kier molecular flexibility index (Phi) is 5.46. The lowest BCUT2D eigenvalue weighted by molar-refractivity contribution is 0.120. The lowest BCUT2D eigenvalue weighted by Gasteiger charge is -2.39. The van der Waals surface area contributed by atoms with Crippen LogP contribution in [0.5, 0.6) is 0 Å². The monoisotopic (exact) mass is 375 g/mol. The number of benzene rings is 1. The van der Waals surface area contributed by atoms with Crippen LogP contribution in [0.15, 0.2) is 29.2 Å². The molecule has 0 spiro atoms. The Hall–Kier alpha value is -0.430. The van der Waals surface area contributed by atoms with E-state index in [-0.39, 0.29) is 11.5 Å². The van der Waals surface area contributed by atoms with Crippen molar-refractivity contribution < 1.29 is 13.5 Å². The smallest absolute Gasteiger partial charge is 0.241 e. The van der Waals surface area contributed by atoms with Gasteiger partial charge >= 0.3 is 0 Å². The van der Waals surface area contributed by atoms with Crippen molar-refractivity contribution in [3.8, 4) is 0 Å². The molecule has 2 rings (SSSR count). The fourth-order valence-electron chi connectivity index (χ4n) is 3.03. The van der Waals surface area contributed by atoms with Gasteiger partial charge in [0.15, 0.2) is 0 Å². The van der Waals surface area contributed by atoms with Gasteiger partial charge in [-0.1, -0.05) is 47.8 Å². The van der Waals surface area contributed by atoms with Gasteiger partial charge in [0.05, 0.1) is 17.0 Å². The third-order valence-electron chi connectivity index (χ3n) is 4.13. The topological polar surface area (TPSA) is 66.4 Å². The van der Waals surface area contributed by atoms with Crippen LogP contribution in [0.3, 0.4) is 0 Å². The minimum atomic E-state index is -3.60. The molecule has 118 valence electrons. The minimum absolute atomic E-state index is 0.157. The highest BCUT2D eigenvalue weighted by molar-refractivity contribution is 9.08. The van der Waals surface area contributed by atoms with E-state index in [2.05, 4.69) is 27.6 Å². The van der Waals surface area contributed by atoms with Crippen LogP contribution in [-0.2, 0) is 15.4 Å². The fourth-order valence-corrected chi connectivity index (χ4v) is 4.84. The Morgan fingerprint density at radius 1 is 1.38 bits per heavy atom. The molecule has 0 aliphatic heterocycles. The summed E-state index contributed by atoms with van der Waals surface area (Å²) < 4.78 is 27.8. The zero-order valence-electron chi connectivity index (χ0n) is 12.2. The first-order chi connectivity index (χ1) is 9.91. The maximum atomic E-state index is 12.5. The normalized spacial score (nSPS) is 26.7. The van der Waals surface area contributed by atoms with E-state index < -0.39 is 15.6 Å². The number of rotatable bonds is 5. The maximum Gasteiger partial charge on any atom is 0.241 e. The second-order valence-corrected chi connectivity index (χ2v) is 8.27. The second kappa shape index (κ2) is 6.77. The SMILES string of the molecule is CC1CCCC(CO)(NS(=O)(=O)c2ccc(CBr)cc2)C1. The summed E-state index contributed by atoms with van der Waals surface area (Å²) in [4.78, 5) is 0.248. The van der Waals surface area contributed by atoms with Gasteiger partial charge in [-0.2, -0.15) is 0 Å². The summed E-state index contributed by atoms with van der Waals surface area (Å²) in [6.07, 6.45) is 3.39. The summed E-state index contributed by atoms with van der Waals surface area (Å²) in [5.41, 5.74) is 0.307. The zero-order valence-corrected chi connectivity index (χ0v) is 14.6. The van der Waals surface area contributed by atoms with Gasteiger partial charge in [0.25, 0.3) is 0 Å². The molecule has 6 heteroatoms. The molecule has 1 fully saturated rings. The van der Waals surface area contributed by atoms with Gasteiger partial charge in [0.1, 0.15) is 0 Å². The predicted molar refractivity (Wildman–Crippen MR) is 86.8 cm³/mol. The summed E-state index contributed by atoms with van der Waals surface area (Å²) in [6.45, 7) is 1.94. The maximum absolute atomic E-state index is 12.5. The van der Waals surface area contributed by atoms with Crippen molar-refractivity contribution >= 4 is 26.0 Å². The van der Waals surface area contributed by atoms with Crippen molar-refractivity contribution in [1.29, 1.82) is 0 Å². The zero-order chi connectivity index (χ0) is 15.5. The lowest BCUT2D eigenvalue weighted by Crippen LogP contribution is -2.53. The Labute approximate surface area is 135 Å². The number of nitrogens with one attached hydrogen (secondary N) is 1. The Bertz CT molecular complexity index is 573. The van der Waals surface area contributed by atoms with Crippen LogP contribution in [-0.4, -0.2) is 25.7 Å². The third-order valence-corrected chi connectivity index (χ3v) is 6.37. The molecule has 1 aliphatic rings. The standard InChI is InChI=1S/C15H22BrNO3S/c1-12-3-2-8-15(9-12,11-18)17-21(19,20)14-6-4-13(10-16)5-7-14/h4-7,12,17-18H,2-3,8-11H2,1H3. The first kappa shape index (κ1) is 16.9. The van der Waals surface area contributed by atoms with Crippen LogP contribution < -0.4 is 4.72 Å². The van der Waals surface area contributed by atoms with Crippen LogP contribution in [0, 0.1) is 5.92 Å². The van der Waals surface area contributed by atoms with Gasteiger partial charge in [-0.25, -0.2) is 13.1 Å². The molecule has 0 heterocycles. The van der Waals surface area contributed by atoms with Crippen molar-refractivity contribution in [2.45, 2.75) is 48.4 Å². The first-order valence-corrected chi connectivity index (χ1v) is 9.81.